The first-order valence-electron chi connectivity index (χ1n) is 9.87. The van der Waals surface area contributed by atoms with Crippen molar-refractivity contribution in [3.63, 3.8) is 0 Å². The maximum absolute atomic E-state index is 14.1. The lowest BCUT2D eigenvalue weighted by molar-refractivity contribution is 0.343. The number of amidine groups is 1. The molecule has 164 valence electrons. The topological polar surface area (TPSA) is 119 Å². The van der Waals surface area contributed by atoms with Crippen LogP contribution in [0.1, 0.15) is 31.4 Å². The summed E-state index contributed by atoms with van der Waals surface area (Å²) >= 11 is 0. The van der Waals surface area contributed by atoms with Crippen LogP contribution in [0.4, 0.5) is 14.6 Å². The Morgan fingerprint density at radius 2 is 2.06 bits per heavy atom. The molecule has 0 amide bonds. The Morgan fingerprint density at radius 3 is 2.71 bits per heavy atom. The van der Waals surface area contributed by atoms with Gasteiger partial charge in [0.2, 0.25) is 0 Å². The van der Waals surface area contributed by atoms with Crippen molar-refractivity contribution in [1.29, 1.82) is 0 Å². The number of allylic oxidation sites excluding steroid dienone is 4. The SMILES string of the molecule is C=C(F)/C=C(N=C(NN)c1cc(-c2cnn(C3CCNCC3)c2)cnc1N)\C(F)=C/C. The maximum atomic E-state index is 14.1. The molecule has 0 unspecified atom stereocenters. The van der Waals surface area contributed by atoms with Crippen molar-refractivity contribution >= 4 is 11.7 Å². The molecule has 10 heteroatoms. The van der Waals surface area contributed by atoms with Gasteiger partial charge in [-0.15, -0.1) is 0 Å². The molecule has 0 spiro atoms. The third-order valence-electron chi connectivity index (χ3n) is 4.95. The third kappa shape index (κ3) is 5.41. The lowest BCUT2D eigenvalue weighted by Crippen LogP contribution is -2.32. The highest BCUT2D eigenvalue weighted by atomic mass is 19.1. The van der Waals surface area contributed by atoms with Crippen LogP contribution in [0.15, 0.2) is 65.7 Å². The molecular formula is C21H26F2N8. The van der Waals surface area contributed by atoms with Gasteiger partial charge in [0.15, 0.2) is 5.84 Å². The molecule has 1 fully saturated rings. The fourth-order valence-electron chi connectivity index (χ4n) is 3.32. The van der Waals surface area contributed by atoms with Gasteiger partial charge in [-0.3, -0.25) is 4.68 Å². The van der Waals surface area contributed by atoms with Crippen LogP contribution in [0, 0.1) is 0 Å². The van der Waals surface area contributed by atoms with E-state index in [2.05, 4.69) is 32.4 Å². The Balaban J connectivity index is 1.97. The molecule has 0 saturated carbocycles. The van der Waals surface area contributed by atoms with E-state index in [-0.39, 0.29) is 17.4 Å². The Morgan fingerprint density at radius 1 is 1.32 bits per heavy atom. The monoisotopic (exact) mass is 428 g/mol. The van der Waals surface area contributed by atoms with Gasteiger partial charge >= 0.3 is 0 Å². The summed E-state index contributed by atoms with van der Waals surface area (Å²) in [6.07, 6.45) is 9.35. The van der Waals surface area contributed by atoms with E-state index in [1.807, 2.05) is 10.9 Å². The number of nitrogens with one attached hydrogen (secondary N) is 2. The van der Waals surface area contributed by atoms with Crippen molar-refractivity contribution in [2.24, 2.45) is 10.8 Å². The summed E-state index contributed by atoms with van der Waals surface area (Å²) in [4.78, 5) is 8.31. The number of nitrogens with zero attached hydrogens (tertiary/aromatic N) is 4. The van der Waals surface area contributed by atoms with Crippen LogP contribution >= 0.6 is 0 Å². The van der Waals surface area contributed by atoms with Gasteiger partial charge in [0.05, 0.1) is 17.8 Å². The van der Waals surface area contributed by atoms with Crippen molar-refractivity contribution in [3.05, 3.63) is 66.3 Å². The first-order chi connectivity index (χ1) is 14.9. The van der Waals surface area contributed by atoms with E-state index >= 15 is 0 Å². The molecule has 1 saturated heterocycles. The fraction of sp³-hybridized carbons (Fsp3) is 0.286. The van der Waals surface area contributed by atoms with E-state index in [1.54, 1.807) is 18.5 Å². The highest BCUT2D eigenvalue weighted by Gasteiger charge is 2.17. The average molecular weight is 428 g/mol. The number of hydrazine groups is 1. The molecule has 1 aliphatic rings. The zero-order chi connectivity index (χ0) is 22.4. The molecule has 6 N–H and O–H groups in total. The smallest absolute Gasteiger partial charge is 0.151 e. The first-order valence-corrected chi connectivity index (χ1v) is 9.87. The van der Waals surface area contributed by atoms with E-state index in [1.165, 1.54) is 6.92 Å². The number of rotatable bonds is 6. The minimum absolute atomic E-state index is 0.0297. The van der Waals surface area contributed by atoms with Gasteiger partial charge < -0.3 is 16.5 Å². The minimum atomic E-state index is -0.850. The van der Waals surface area contributed by atoms with E-state index < -0.39 is 11.7 Å². The van der Waals surface area contributed by atoms with Gasteiger partial charge in [-0.2, -0.15) is 5.10 Å². The average Bonchev–Trinajstić information content (AvgIpc) is 3.27. The van der Waals surface area contributed by atoms with Crippen molar-refractivity contribution in [3.8, 4) is 11.1 Å². The predicted molar refractivity (Wildman–Crippen MR) is 118 cm³/mol. The second kappa shape index (κ2) is 10.1. The van der Waals surface area contributed by atoms with Crippen LogP contribution in [0.2, 0.25) is 0 Å². The summed E-state index contributed by atoms with van der Waals surface area (Å²) in [5, 5.41) is 7.82. The van der Waals surface area contributed by atoms with Crippen molar-refractivity contribution in [2.45, 2.75) is 25.8 Å². The Labute approximate surface area is 179 Å². The number of nitrogens with two attached hydrogens (primary N) is 2. The molecule has 3 heterocycles. The Hall–Kier alpha value is -3.37. The van der Waals surface area contributed by atoms with Gasteiger partial charge in [0, 0.05) is 29.6 Å². The molecule has 1 aliphatic heterocycles. The highest BCUT2D eigenvalue weighted by molar-refractivity contribution is 6.03. The van der Waals surface area contributed by atoms with Gasteiger partial charge in [-0.25, -0.2) is 24.6 Å². The van der Waals surface area contributed by atoms with Crippen LogP contribution in [-0.2, 0) is 0 Å². The number of hydrogen-bond acceptors (Lipinski definition) is 6. The molecule has 2 aromatic heterocycles. The van der Waals surface area contributed by atoms with E-state index in [0.29, 0.717) is 11.6 Å². The maximum Gasteiger partial charge on any atom is 0.151 e. The van der Waals surface area contributed by atoms with Crippen LogP contribution < -0.4 is 22.3 Å². The summed E-state index contributed by atoms with van der Waals surface area (Å²) < 4.78 is 29.4. The molecule has 2 aromatic rings. The molecule has 31 heavy (non-hydrogen) atoms. The third-order valence-corrected chi connectivity index (χ3v) is 4.95. The summed E-state index contributed by atoms with van der Waals surface area (Å²) in [7, 11) is 0. The van der Waals surface area contributed by atoms with E-state index in [4.69, 9.17) is 11.6 Å². The number of hydrogen-bond donors (Lipinski definition) is 4. The van der Waals surface area contributed by atoms with Crippen LogP contribution in [0.25, 0.3) is 11.1 Å². The summed E-state index contributed by atoms with van der Waals surface area (Å²) in [5.74, 6) is 4.18. The molecule has 0 radical (unpaired) electrons. The fourth-order valence-corrected chi connectivity index (χ4v) is 3.32. The van der Waals surface area contributed by atoms with Gasteiger partial charge in [-0.1, -0.05) is 6.58 Å². The number of pyridine rings is 1. The van der Waals surface area contributed by atoms with E-state index in [0.717, 1.165) is 49.2 Å². The van der Waals surface area contributed by atoms with Crippen LogP contribution in [0.3, 0.4) is 0 Å². The number of aromatic nitrogens is 3. The zero-order valence-corrected chi connectivity index (χ0v) is 17.3. The number of halogens is 2. The van der Waals surface area contributed by atoms with Gasteiger partial charge in [-0.05, 0) is 45.0 Å². The lowest BCUT2D eigenvalue weighted by Gasteiger charge is -2.22. The Bertz CT molecular complexity index is 1030. The predicted octanol–water partition coefficient (Wildman–Crippen LogP) is 2.90. The highest BCUT2D eigenvalue weighted by Crippen LogP contribution is 2.26. The largest absolute Gasteiger partial charge is 0.383 e. The van der Waals surface area contributed by atoms with Gasteiger partial charge in [0.1, 0.15) is 23.2 Å². The molecule has 3 rings (SSSR count). The lowest BCUT2D eigenvalue weighted by atomic mass is 10.1. The molecular weight excluding hydrogens is 402 g/mol. The summed E-state index contributed by atoms with van der Waals surface area (Å²) in [6, 6.07) is 2.06. The summed E-state index contributed by atoms with van der Waals surface area (Å²) in [5.41, 5.74) is 10.0. The van der Waals surface area contributed by atoms with Crippen molar-refractivity contribution in [1.82, 2.24) is 25.5 Å². The first kappa shape index (κ1) is 22.3. The van der Waals surface area contributed by atoms with Crippen molar-refractivity contribution in [2.75, 3.05) is 18.8 Å². The molecule has 0 bridgehead atoms. The number of aliphatic imine (C=N–C) groups is 1. The Kier molecular flexibility index (Phi) is 7.27. The standard InChI is InChI=1S/C21H26F2N8/c1-3-18(23)19(8-13(2)22)29-21(30-25)17-9-14(10-27-20(17)24)15-11-28-31(12-15)16-4-6-26-7-5-16/h3,8-12,16,26H,2,4-7,25H2,1H3,(H2,24,27)(H,29,30)/b18-3+,19-8+. The molecule has 8 nitrogen and oxygen atoms in total. The number of piperidine rings is 1. The number of anilines is 1. The zero-order valence-electron chi connectivity index (χ0n) is 17.3. The molecule has 0 atom stereocenters. The molecule has 0 aliphatic carbocycles. The van der Waals surface area contributed by atoms with E-state index in [9.17, 15) is 8.78 Å². The quantitative estimate of drug-likeness (QED) is 0.185. The van der Waals surface area contributed by atoms with Crippen LogP contribution in [0.5, 0.6) is 0 Å². The second-order valence-electron chi connectivity index (χ2n) is 7.06. The summed E-state index contributed by atoms with van der Waals surface area (Å²) in [6.45, 7) is 6.50. The normalized spacial score (nSPS) is 16.5. The van der Waals surface area contributed by atoms with Crippen molar-refractivity contribution < 1.29 is 8.78 Å². The van der Waals surface area contributed by atoms with Crippen LogP contribution in [-0.4, -0.2) is 33.7 Å². The number of nitrogen functional groups attached to an aromatic ring is 1. The van der Waals surface area contributed by atoms with Gasteiger partial charge in [0.25, 0.3) is 0 Å². The second-order valence-corrected chi connectivity index (χ2v) is 7.06. The molecule has 0 aromatic carbocycles. The minimum Gasteiger partial charge on any atom is -0.383 e.